The van der Waals surface area contributed by atoms with Gasteiger partial charge < -0.3 is 4.52 Å². The van der Waals surface area contributed by atoms with Crippen molar-refractivity contribution >= 4 is 20.6 Å². The SMILES string of the molecule is CS(=O)(=O)C1(c2noc(-c3nncc4ccccc34)n2)CCC1. The topological polar surface area (TPSA) is 98.8 Å². The summed E-state index contributed by atoms with van der Waals surface area (Å²) in [5, 5.41) is 13.7. The summed E-state index contributed by atoms with van der Waals surface area (Å²) in [6, 6.07) is 7.59. The molecule has 1 aromatic carbocycles. The van der Waals surface area contributed by atoms with Gasteiger partial charge in [0.1, 0.15) is 4.75 Å². The molecule has 1 fully saturated rings. The van der Waals surface area contributed by atoms with E-state index >= 15 is 0 Å². The van der Waals surface area contributed by atoms with Gasteiger partial charge in [-0.05, 0) is 19.3 Å². The van der Waals surface area contributed by atoms with Gasteiger partial charge >= 0.3 is 0 Å². The van der Waals surface area contributed by atoms with Crippen LogP contribution >= 0.6 is 0 Å². The summed E-state index contributed by atoms with van der Waals surface area (Å²) in [6.07, 6.45) is 4.75. The Morgan fingerprint density at radius 2 is 2.00 bits per heavy atom. The van der Waals surface area contributed by atoms with Crippen LogP contribution in [0.1, 0.15) is 25.1 Å². The predicted molar refractivity (Wildman–Crippen MR) is 83.2 cm³/mol. The highest BCUT2D eigenvalue weighted by atomic mass is 32.2. The molecule has 1 saturated carbocycles. The number of sulfone groups is 1. The molecular formula is C15H14N4O3S. The molecule has 1 aliphatic rings. The van der Waals surface area contributed by atoms with Gasteiger partial charge in [0.2, 0.25) is 0 Å². The molecule has 1 aliphatic carbocycles. The summed E-state index contributed by atoms with van der Waals surface area (Å²) in [5.41, 5.74) is 0.463. The molecule has 4 rings (SSSR count). The van der Waals surface area contributed by atoms with Crippen LogP contribution < -0.4 is 0 Å². The molecule has 0 spiro atoms. The van der Waals surface area contributed by atoms with E-state index in [9.17, 15) is 8.42 Å². The Labute approximate surface area is 132 Å². The van der Waals surface area contributed by atoms with Crippen molar-refractivity contribution in [2.24, 2.45) is 0 Å². The Morgan fingerprint density at radius 3 is 2.70 bits per heavy atom. The Balaban J connectivity index is 1.85. The molecule has 3 aromatic rings. The van der Waals surface area contributed by atoms with Gasteiger partial charge in [-0.15, -0.1) is 5.10 Å². The third-order valence-electron chi connectivity index (χ3n) is 4.48. The first-order valence-electron chi connectivity index (χ1n) is 7.26. The molecule has 23 heavy (non-hydrogen) atoms. The molecule has 2 aromatic heterocycles. The van der Waals surface area contributed by atoms with E-state index in [2.05, 4.69) is 20.3 Å². The van der Waals surface area contributed by atoms with E-state index in [0.29, 0.717) is 18.5 Å². The second-order valence-corrected chi connectivity index (χ2v) is 8.15. The van der Waals surface area contributed by atoms with E-state index < -0.39 is 14.6 Å². The molecule has 0 bridgehead atoms. The lowest BCUT2D eigenvalue weighted by molar-refractivity contribution is 0.313. The predicted octanol–water partition coefficient (Wildman–Crippen LogP) is 2.10. The summed E-state index contributed by atoms with van der Waals surface area (Å²) in [5.74, 6) is 0.412. The minimum absolute atomic E-state index is 0.194. The van der Waals surface area contributed by atoms with E-state index in [1.165, 1.54) is 6.26 Å². The second-order valence-electron chi connectivity index (χ2n) is 5.82. The highest BCUT2D eigenvalue weighted by Gasteiger charge is 2.51. The molecule has 0 atom stereocenters. The van der Waals surface area contributed by atoms with Crippen molar-refractivity contribution in [1.82, 2.24) is 20.3 Å². The van der Waals surface area contributed by atoms with Gasteiger partial charge in [0.15, 0.2) is 21.4 Å². The lowest BCUT2D eigenvalue weighted by Gasteiger charge is -2.36. The average Bonchev–Trinajstić information content (AvgIpc) is 2.93. The molecule has 0 unspecified atom stereocenters. The minimum atomic E-state index is -3.31. The molecule has 118 valence electrons. The summed E-state index contributed by atoms with van der Waals surface area (Å²) < 4.78 is 28.6. The van der Waals surface area contributed by atoms with Crippen molar-refractivity contribution in [3.8, 4) is 11.6 Å². The summed E-state index contributed by atoms with van der Waals surface area (Å²) >= 11 is 0. The number of fused-ring (bicyclic) bond motifs is 1. The monoisotopic (exact) mass is 330 g/mol. The number of hydrogen-bond donors (Lipinski definition) is 0. The smallest absolute Gasteiger partial charge is 0.279 e. The molecular weight excluding hydrogens is 316 g/mol. The van der Waals surface area contributed by atoms with Crippen LogP contribution in [0.5, 0.6) is 0 Å². The van der Waals surface area contributed by atoms with Gasteiger partial charge in [-0.1, -0.05) is 29.4 Å². The highest BCUT2D eigenvalue weighted by Crippen LogP contribution is 2.46. The molecule has 0 aliphatic heterocycles. The molecule has 0 saturated heterocycles. The van der Waals surface area contributed by atoms with E-state index in [0.717, 1.165) is 17.2 Å². The number of hydrogen-bond acceptors (Lipinski definition) is 7. The first-order valence-corrected chi connectivity index (χ1v) is 9.15. The van der Waals surface area contributed by atoms with Crippen LogP contribution in [0.4, 0.5) is 0 Å². The number of nitrogens with zero attached hydrogens (tertiary/aromatic N) is 4. The van der Waals surface area contributed by atoms with Crippen LogP contribution in [-0.2, 0) is 14.6 Å². The number of aromatic nitrogens is 4. The quantitative estimate of drug-likeness (QED) is 0.725. The van der Waals surface area contributed by atoms with Crippen molar-refractivity contribution in [2.45, 2.75) is 24.0 Å². The van der Waals surface area contributed by atoms with E-state index in [-0.39, 0.29) is 11.7 Å². The second kappa shape index (κ2) is 4.82. The fourth-order valence-corrected chi connectivity index (χ4v) is 4.39. The lowest BCUT2D eigenvalue weighted by atomic mass is 9.83. The van der Waals surface area contributed by atoms with Crippen LogP contribution in [0.2, 0.25) is 0 Å². The lowest BCUT2D eigenvalue weighted by Crippen LogP contribution is -2.42. The Morgan fingerprint density at radius 1 is 1.22 bits per heavy atom. The zero-order valence-corrected chi connectivity index (χ0v) is 13.2. The van der Waals surface area contributed by atoms with Crippen molar-refractivity contribution in [3.05, 3.63) is 36.3 Å². The molecule has 7 nitrogen and oxygen atoms in total. The molecule has 8 heteroatoms. The first-order chi connectivity index (χ1) is 11.0. The molecule has 0 radical (unpaired) electrons. The van der Waals surface area contributed by atoms with Gasteiger partial charge in [-0.2, -0.15) is 10.1 Å². The highest BCUT2D eigenvalue weighted by molar-refractivity contribution is 7.91. The summed E-state index contributed by atoms with van der Waals surface area (Å²) in [6.45, 7) is 0. The Kier molecular flexibility index (Phi) is 2.99. The molecule has 2 heterocycles. The van der Waals surface area contributed by atoms with Gasteiger partial charge in [0.05, 0.1) is 6.20 Å². The first kappa shape index (κ1) is 14.3. The van der Waals surface area contributed by atoms with Gasteiger partial charge in [-0.25, -0.2) is 8.42 Å². The van der Waals surface area contributed by atoms with Gasteiger partial charge in [0.25, 0.3) is 5.89 Å². The van der Waals surface area contributed by atoms with Gasteiger partial charge in [0, 0.05) is 17.0 Å². The third-order valence-corrected chi connectivity index (χ3v) is 6.49. The zero-order chi connectivity index (χ0) is 16.1. The Hall–Kier alpha value is -2.35. The minimum Gasteiger partial charge on any atom is -0.332 e. The Bertz CT molecular complexity index is 987. The fraction of sp³-hybridized carbons (Fsp3) is 0.333. The summed E-state index contributed by atoms with van der Waals surface area (Å²) in [4.78, 5) is 4.33. The fourth-order valence-electron chi connectivity index (χ4n) is 2.95. The molecule has 0 N–H and O–H groups in total. The van der Waals surface area contributed by atoms with E-state index in [4.69, 9.17) is 4.52 Å². The average molecular weight is 330 g/mol. The van der Waals surface area contributed by atoms with Crippen LogP contribution in [0.15, 0.2) is 35.0 Å². The zero-order valence-electron chi connectivity index (χ0n) is 12.4. The van der Waals surface area contributed by atoms with Crippen LogP contribution in [0.3, 0.4) is 0 Å². The van der Waals surface area contributed by atoms with Crippen molar-refractivity contribution in [1.29, 1.82) is 0 Å². The standard InChI is InChI=1S/C15H14N4O3S/c1-23(20,21)15(7-4-8-15)14-17-13(22-19-14)12-11-6-3-2-5-10(11)9-16-18-12/h2-3,5-6,9H,4,7-8H2,1H3. The largest absolute Gasteiger partial charge is 0.332 e. The van der Waals surface area contributed by atoms with Gasteiger partial charge in [-0.3, -0.25) is 0 Å². The van der Waals surface area contributed by atoms with Crippen LogP contribution in [0.25, 0.3) is 22.4 Å². The molecule has 0 amide bonds. The van der Waals surface area contributed by atoms with Crippen molar-refractivity contribution in [2.75, 3.05) is 6.26 Å². The van der Waals surface area contributed by atoms with E-state index in [1.54, 1.807) is 6.20 Å². The maximum absolute atomic E-state index is 12.1. The van der Waals surface area contributed by atoms with Crippen molar-refractivity contribution in [3.63, 3.8) is 0 Å². The van der Waals surface area contributed by atoms with Crippen LogP contribution in [-0.4, -0.2) is 35.0 Å². The number of rotatable bonds is 3. The van der Waals surface area contributed by atoms with Crippen molar-refractivity contribution < 1.29 is 12.9 Å². The third kappa shape index (κ3) is 2.05. The van der Waals surface area contributed by atoms with Crippen LogP contribution in [0, 0.1) is 0 Å². The maximum Gasteiger partial charge on any atom is 0.279 e. The summed E-state index contributed by atoms with van der Waals surface area (Å²) in [7, 11) is -3.31. The normalized spacial score (nSPS) is 17.1. The number of benzene rings is 1. The maximum atomic E-state index is 12.1. The van der Waals surface area contributed by atoms with E-state index in [1.807, 2.05) is 24.3 Å².